The number of hydrogen-bond acceptors (Lipinski definition) is 8. The molecule has 0 bridgehead atoms. The lowest BCUT2D eigenvalue weighted by atomic mass is 9.31. The molecule has 0 aliphatic carbocycles. The third-order valence-corrected chi connectivity index (χ3v) is 19.1. The molecule has 4 aliphatic rings. The Labute approximate surface area is 337 Å². The van der Waals surface area contributed by atoms with Crippen LogP contribution in [-0.2, 0) is 19.2 Å². The Kier molecular flexibility index (Phi) is 12.5. The molecule has 0 aromatic rings. The number of likely N-dealkylation sites (tertiary alicyclic amines) is 4. The lowest BCUT2D eigenvalue weighted by molar-refractivity contribution is -0.274. The predicted molar refractivity (Wildman–Crippen MR) is 218 cm³/mol. The molecule has 4 fully saturated rings. The molecule has 12 heteroatoms. The number of hydrogen-bond donors (Lipinski definition) is 4. The second-order valence-corrected chi connectivity index (χ2v) is 21.2. The van der Waals surface area contributed by atoms with E-state index in [2.05, 4.69) is 47.3 Å². The van der Waals surface area contributed by atoms with Crippen LogP contribution in [0.5, 0.6) is 0 Å². The van der Waals surface area contributed by atoms with Crippen LogP contribution in [0, 0.1) is 63.6 Å². The van der Waals surface area contributed by atoms with Gasteiger partial charge in [-0.3, -0.25) is 19.2 Å². The van der Waals surface area contributed by atoms with Gasteiger partial charge >= 0.3 is 23.9 Å². The number of nitrogens with zero attached hydrogens (tertiary/aromatic N) is 4. The molecule has 4 heterocycles. The topological polar surface area (TPSA) is 162 Å². The van der Waals surface area contributed by atoms with Crippen molar-refractivity contribution in [3.8, 4) is 0 Å². The molecule has 0 radical (unpaired) electrons. The molecule has 56 heavy (non-hydrogen) atoms. The van der Waals surface area contributed by atoms with Crippen molar-refractivity contribution in [2.24, 2.45) is 63.6 Å². The SMILES string of the molecule is CC1C(C(CC(=O)O)(C(=O)O)C(C(=O)O)(C2CCN(C)C(C)(C)C2C)C(C(=O)O)(C2CCN(C)C(C)(C)C2C)C2CCN(C)C(C)(C)C2C)CCN(C)C1(C)C. The van der Waals surface area contributed by atoms with E-state index in [1.807, 2.05) is 83.6 Å². The van der Waals surface area contributed by atoms with Crippen LogP contribution in [0.3, 0.4) is 0 Å². The largest absolute Gasteiger partial charge is 0.481 e. The Bertz CT molecular complexity index is 1490. The maximum absolute atomic E-state index is 15.8. The fourth-order valence-electron chi connectivity index (χ4n) is 13.4. The summed E-state index contributed by atoms with van der Waals surface area (Å²) in [5.74, 6) is -11.1. The fraction of sp³-hybridized carbons (Fsp3) is 0.909. The minimum Gasteiger partial charge on any atom is -0.481 e. The van der Waals surface area contributed by atoms with Crippen molar-refractivity contribution in [1.82, 2.24) is 19.6 Å². The molecule has 4 rings (SSSR count). The molecular formula is C44H78N4O8. The summed E-state index contributed by atoms with van der Waals surface area (Å²) in [6, 6.07) is 0. The Balaban J connectivity index is 2.45. The van der Waals surface area contributed by atoms with Crippen molar-refractivity contribution in [1.29, 1.82) is 0 Å². The minimum absolute atomic E-state index is 0.219. The first kappa shape index (κ1) is 46.4. The first-order valence-corrected chi connectivity index (χ1v) is 21.2. The van der Waals surface area contributed by atoms with Gasteiger partial charge in [-0.1, -0.05) is 27.7 Å². The van der Waals surface area contributed by atoms with Crippen LogP contribution in [0.2, 0.25) is 0 Å². The maximum atomic E-state index is 15.8. The summed E-state index contributed by atoms with van der Waals surface area (Å²) in [5, 5.41) is 49.1. The lowest BCUT2D eigenvalue weighted by Gasteiger charge is -2.71. The van der Waals surface area contributed by atoms with Gasteiger partial charge in [0.2, 0.25) is 0 Å². The van der Waals surface area contributed by atoms with Crippen molar-refractivity contribution in [3.05, 3.63) is 0 Å². The van der Waals surface area contributed by atoms with Crippen LogP contribution in [0.15, 0.2) is 0 Å². The monoisotopic (exact) mass is 791 g/mol. The molecule has 12 nitrogen and oxygen atoms in total. The quantitative estimate of drug-likeness (QED) is 0.190. The molecule has 4 aliphatic heterocycles. The van der Waals surface area contributed by atoms with Crippen LogP contribution >= 0.6 is 0 Å². The van der Waals surface area contributed by atoms with Gasteiger partial charge in [0.25, 0.3) is 0 Å². The van der Waals surface area contributed by atoms with Crippen molar-refractivity contribution in [3.63, 3.8) is 0 Å². The normalized spacial score (nSPS) is 37.4. The van der Waals surface area contributed by atoms with Crippen molar-refractivity contribution < 1.29 is 39.6 Å². The number of carboxylic acid groups (broad SMARTS) is 4. The van der Waals surface area contributed by atoms with E-state index in [0.717, 1.165) is 0 Å². The Hall–Kier alpha value is -2.28. The third kappa shape index (κ3) is 6.18. The highest BCUT2D eigenvalue weighted by Gasteiger charge is 2.84. The molecule has 0 spiro atoms. The van der Waals surface area contributed by atoms with E-state index >= 15 is 14.4 Å². The lowest BCUT2D eigenvalue weighted by Crippen LogP contribution is -2.79. The second-order valence-electron chi connectivity index (χ2n) is 21.2. The zero-order chi connectivity index (χ0) is 43.1. The zero-order valence-electron chi connectivity index (χ0n) is 37.7. The van der Waals surface area contributed by atoms with E-state index in [1.54, 1.807) is 0 Å². The summed E-state index contributed by atoms with van der Waals surface area (Å²) in [7, 11) is 7.96. The van der Waals surface area contributed by atoms with Gasteiger partial charge < -0.3 is 40.0 Å². The number of carboxylic acids is 4. The van der Waals surface area contributed by atoms with Crippen LogP contribution < -0.4 is 0 Å². The highest BCUT2D eigenvalue weighted by atomic mass is 16.4. The minimum atomic E-state index is -2.57. The van der Waals surface area contributed by atoms with E-state index in [9.17, 15) is 25.2 Å². The van der Waals surface area contributed by atoms with Gasteiger partial charge in [-0.2, -0.15) is 0 Å². The summed E-state index contributed by atoms with van der Waals surface area (Å²) in [6.45, 7) is 26.1. The fourth-order valence-corrected chi connectivity index (χ4v) is 13.4. The van der Waals surface area contributed by atoms with E-state index < -0.39 is 116 Å². The Morgan fingerprint density at radius 2 is 0.768 bits per heavy atom. The predicted octanol–water partition coefficient (Wildman–Crippen LogP) is 6.14. The molecule has 10 unspecified atom stereocenters. The van der Waals surface area contributed by atoms with Gasteiger partial charge in [0.15, 0.2) is 0 Å². The molecule has 0 aromatic carbocycles. The number of aliphatic carboxylic acids is 4. The van der Waals surface area contributed by atoms with E-state index in [-0.39, 0.29) is 12.8 Å². The maximum Gasteiger partial charge on any atom is 0.312 e. The molecule has 4 saturated heterocycles. The highest BCUT2D eigenvalue weighted by molar-refractivity contribution is 5.96. The second kappa shape index (κ2) is 15.1. The molecule has 0 saturated carbocycles. The Morgan fingerprint density at radius 3 is 1.05 bits per heavy atom. The van der Waals surface area contributed by atoms with E-state index in [4.69, 9.17) is 0 Å². The molecular weight excluding hydrogens is 713 g/mol. The summed E-state index contributed by atoms with van der Waals surface area (Å²) < 4.78 is 0. The van der Waals surface area contributed by atoms with Crippen molar-refractivity contribution in [2.75, 3.05) is 54.4 Å². The third-order valence-electron chi connectivity index (χ3n) is 19.1. The van der Waals surface area contributed by atoms with Gasteiger partial charge in [-0.25, -0.2) is 0 Å². The summed E-state index contributed by atoms with van der Waals surface area (Å²) >= 11 is 0. The van der Waals surface area contributed by atoms with Crippen LogP contribution in [0.25, 0.3) is 0 Å². The van der Waals surface area contributed by atoms with Gasteiger partial charge in [0.1, 0.15) is 5.41 Å². The van der Waals surface area contributed by atoms with Crippen molar-refractivity contribution >= 4 is 23.9 Å². The first-order valence-electron chi connectivity index (χ1n) is 21.2. The van der Waals surface area contributed by atoms with Crippen LogP contribution in [-0.4, -0.2) is 140 Å². The average Bonchev–Trinajstić information content (AvgIpc) is 3.07. The van der Waals surface area contributed by atoms with Crippen LogP contribution in [0.1, 0.15) is 115 Å². The number of carbonyl (C=O) groups is 4. The number of rotatable bonds is 11. The molecule has 0 aromatic heterocycles. The van der Waals surface area contributed by atoms with Gasteiger partial charge in [-0.05, 0) is 183 Å². The van der Waals surface area contributed by atoms with Crippen molar-refractivity contribution in [2.45, 2.75) is 137 Å². The van der Waals surface area contributed by atoms with Gasteiger partial charge in [-0.15, -0.1) is 0 Å². The molecule has 10 atom stereocenters. The van der Waals surface area contributed by atoms with Gasteiger partial charge in [0.05, 0.1) is 17.3 Å². The highest BCUT2D eigenvalue weighted by Crippen LogP contribution is 2.75. The molecule has 4 N–H and O–H groups in total. The average molecular weight is 791 g/mol. The van der Waals surface area contributed by atoms with Crippen LogP contribution in [0.4, 0.5) is 0 Å². The molecule has 322 valence electrons. The Morgan fingerprint density at radius 1 is 0.482 bits per heavy atom. The smallest absolute Gasteiger partial charge is 0.312 e. The zero-order valence-corrected chi connectivity index (χ0v) is 37.7. The molecule has 0 amide bonds. The first-order chi connectivity index (χ1) is 25.4. The van der Waals surface area contributed by atoms with E-state index in [0.29, 0.717) is 39.0 Å². The number of piperidine rings is 4. The summed E-state index contributed by atoms with van der Waals surface area (Å²) in [4.78, 5) is 69.1. The van der Waals surface area contributed by atoms with Gasteiger partial charge in [0, 0.05) is 22.2 Å². The standard InChI is InChI=1S/C44H78N4O8/c1-26-30(17-21-45(13)38(26,5)6)42(35(51)52,25-34(49)50)44(37(55)56,33-20-24-48(16)41(11,12)29(33)4)43(36(53)54,31-18-22-46(14)39(7,8)27(31)2)32-19-23-47(15)40(9,10)28(32)3/h26-33H,17-25H2,1-16H3,(H,49,50)(H,51,52)(H,53,54)(H,55,56). The van der Waals surface area contributed by atoms with E-state index in [1.165, 1.54) is 0 Å². The summed E-state index contributed by atoms with van der Waals surface area (Å²) in [6.07, 6.45) is 0.120. The summed E-state index contributed by atoms with van der Waals surface area (Å²) in [5.41, 5.74) is -9.80.